The van der Waals surface area contributed by atoms with Gasteiger partial charge in [0.1, 0.15) is 4.83 Å². The number of nitrogens with zero attached hydrogens (tertiary/aromatic N) is 1. The first kappa shape index (κ1) is 19.0. The predicted octanol–water partition coefficient (Wildman–Crippen LogP) is 3.50. The number of nitrogens with one attached hydrogen (secondary N) is 2. The van der Waals surface area contributed by atoms with E-state index < -0.39 is 0 Å². The molecule has 1 amide bonds. The van der Waals surface area contributed by atoms with Crippen LogP contribution in [0.5, 0.6) is 0 Å². The standard InChI is InChI=1S/C17H25N3O2S2/c1-5-7-18-13(21)9-23-17-19-15(22)14-12(8-10(3)6-2)11(4)24-16(14)20-17/h10H,5-9H2,1-4H3,(H,18,21)(H,19,20,22)/t10-/m1/s1. The predicted molar refractivity (Wildman–Crippen MR) is 102 cm³/mol. The van der Waals surface area contributed by atoms with Crippen LogP contribution in [0.1, 0.15) is 44.1 Å². The minimum Gasteiger partial charge on any atom is -0.355 e. The number of H-pyrrole nitrogens is 1. The van der Waals surface area contributed by atoms with E-state index in [1.54, 1.807) is 11.3 Å². The van der Waals surface area contributed by atoms with Crippen LogP contribution >= 0.6 is 23.1 Å². The van der Waals surface area contributed by atoms with E-state index in [1.807, 2.05) is 6.92 Å². The van der Waals surface area contributed by atoms with Gasteiger partial charge in [-0.05, 0) is 31.2 Å². The molecule has 0 spiro atoms. The quantitative estimate of drug-likeness (QED) is 0.553. The fourth-order valence-electron chi connectivity index (χ4n) is 2.41. The van der Waals surface area contributed by atoms with Crippen LogP contribution in [0, 0.1) is 12.8 Å². The number of fused-ring (bicyclic) bond motifs is 1. The average molecular weight is 368 g/mol. The molecule has 132 valence electrons. The highest BCUT2D eigenvalue weighted by molar-refractivity contribution is 7.99. The van der Waals surface area contributed by atoms with Gasteiger partial charge in [0.05, 0.1) is 11.1 Å². The van der Waals surface area contributed by atoms with Gasteiger partial charge in [-0.3, -0.25) is 9.59 Å². The topological polar surface area (TPSA) is 74.8 Å². The van der Waals surface area contributed by atoms with Crippen LogP contribution in [0.15, 0.2) is 9.95 Å². The third-order valence-electron chi connectivity index (χ3n) is 4.00. The minimum absolute atomic E-state index is 0.0376. The van der Waals surface area contributed by atoms with Crippen LogP contribution in [0.25, 0.3) is 10.2 Å². The summed E-state index contributed by atoms with van der Waals surface area (Å²) < 4.78 is 0. The van der Waals surface area contributed by atoms with Crippen LogP contribution in [-0.4, -0.2) is 28.2 Å². The molecule has 2 N–H and O–H groups in total. The SMILES string of the molecule is CCCNC(=O)CSc1nc2sc(C)c(C[C@H](C)CC)c2c(=O)[nH]1. The Morgan fingerprint density at radius 2 is 2.17 bits per heavy atom. The summed E-state index contributed by atoms with van der Waals surface area (Å²) in [4.78, 5) is 33.5. The molecule has 0 aliphatic heterocycles. The first-order valence-electron chi connectivity index (χ1n) is 8.38. The van der Waals surface area contributed by atoms with Gasteiger partial charge in [-0.1, -0.05) is 39.0 Å². The number of hydrogen-bond acceptors (Lipinski definition) is 5. The highest BCUT2D eigenvalue weighted by Crippen LogP contribution is 2.30. The van der Waals surface area contributed by atoms with Gasteiger partial charge in [-0.25, -0.2) is 4.98 Å². The summed E-state index contributed by atoms with van der Waals surface area (Å²) in [5.41, 5.74) is 1.02. The van der Waals surface area contributed by atoms with Gasteiger partial charge in [0.25, 0.3) is 5.56 Å². The molecule has 0 saturated heterocycles. The van der Waals surface area contributed by atoms with Crippen LogP contribution in [0.4, 0.5) is 0 Å². The van der Waals surface area contributed by atoms with E-state index in [0.717, 1.165) is 39.9 Å². The molecular weight excluding hydrogens is 342 g/mol. The number of thiophene rings is 1. The van der Waals surface area contributed by atoms with E-state index in [9.17, 15) is 9.59 Å². The van der Waals surface area contributed by atoms with Gasteiger partial charge in [0.15, 0.2) is 5.16 Å². The maximum absolute atomic E-state index is 12.5. The van der Waals surface area contributed by atoms with E-state index in [-0.39, 0.29) is 17.2 Å². The van der Waals surface area contributed by atoms with Crippen LogP contribution in [-0.2, 0) is 11.2 Å². The van der Waals surface area contributed by atoms with Crippen molar-refractivity contribution in [2.45, 2.75) is 52.1 Å². The van der Waals surface area contributed by atoms with Crippen molar-refractivity contribution in [1.82, 2.24) is 15.3 Å². The summed E-state index contributed by atoms with van der Waals surface area (Å²) in [5.74, 6) is 0.764. The third-order valence-corrected chi connectivity index (χ3v) is 5.92. The van der Waals surface area contributed by atoms with Gasteiger partial charge in [0.2, 0.25) is 5.91 Å². The van der Waals surface area contributed by atoms with Crippen molar-refractivity contribution in [3.63, 3.8) is 0 Å². The molecule has 1 atom stereocenters. The molecule has 0 aliphatic carbocycles. The van der Waals surface area contributed by atoms with Crippen molar-refractivity contribution in [2.24, 2.45) is 5.92 Å². The van der Waals surface area contributed by atoms with Crippen molar-refractivity contribution >= 4 is 39.2 Å². The number of aryl methyl sites for hydroxylation is 1. The van der Waals surface area contributed by atoms with Crippen LogP contribution in [0.3, 0.4) is 0 Å². The normalized spacial score (nSPS) is 12.5. The summed E-state index contributed by atoms with van der Waals surface area (Å²) in [6.07, 6.45) is 2.90. The van der Waals surface area contributed by atoms with Crippen molar-refractivity contribution < 1.29 is 4.79 Å². The van der Waals surface area contributed by atoms with E-state index in [0.29, 0.717) is 17.6 Å². The number of carbonyl (C=O) groups excluding carboxylic acids is 1. The number of thioether (sulfide) groups is 1. The number of aromatic amines is 1. The highest BCUT2D eigenvalue weighted by Gasteiger charge is 2.17. The van der Waals surface area contributed by atoms with Crippen molar-refractivity contribution in [2.75, 3.05) is 12.3 Å². The number of rotatable bonds is 8. The molecule has 24 heavy (non-hydrogen) atoms. The Labute approximate surface area is 150 Å². The maximum Gasteiger partial charge on any atom is 0.260 e. The Bertz CT molecular complexity index is 767. The van der Waals surface area contributed by atoms with E-state index in [4.69, 9.17) is 0 Å². The molecule has 0 aliphatic rings. The van der Waals surface area contributed by atoms with Crippen LogP contribution < -0.4 is 10.9 Å². The van der Waals surface area contributed by atoms with E-state index in [1.165, 1.54) is 11.8 Å². The minimum atomic E-state index is -0.0980. The summed E-state index contributed by atoms with van der Waals surface area (Å²) in [6.45, 7) is 9.09. The van der Waals surface area contributed by atoms with Gasteiger partial charge in [-0.2, -0.15) is 0 Å². The number of hydrogen-bond donors (Lipinski definition) is 2. The molecule has 7 heteroatoms. The summed E-state index contributed by atoms with van der Waals surface area (Å²) >= 11 is 2.83. The fourth-order valence-corrected chi connectivity index (χ4v) is 4.21. The lowest BCUT2D eigenvalue weighted by Gasteiger charge is -2.08. The van der Waals surface area contributed by atoms with Gasteiger partial charge in [-0.15, -0.1) is 11.3 Å². The lowest BCUT2D eigenvalue weighted by atomic mass is 9.98. The van der Waals surface area contributed by atoms with Crippen LogP contribution in [0.2, 0.25) is 0 Å². The fraction of sp³-hybridized carbons (Fsp3) is 0.588. The molecule has 0 bridgehead atoms. The first-order valence-corrected chi connectivity index (χ1v) is 10.2. The molecule has 0 aromatic carbocycles. The van der Waals surface area contributed by atoms with E-state index in [2.05, 4.69) is 36.1 Å². The maximum atomic E-state index is 12.5. The zero-order valence-corrected chi connectivity index (χ0v) is 16.3. The largest absolute Gasteiger partial charge is 0.355 e. The molecule has 0 fully saturated rings. The molecule has 0 radical (unpaired) electrons. The molecule has 2 rings (SSSR count). The summed E-state index contributed by atoms with van der Waals surface area (Å²) in [7, 11) is 0. The van der Waals surface area contributed by atoms with Crippen molar-refractivity contribution in [3.05, 3.63) is 20.8 Å². The number of aromatic nitrogens is 2. The molecule has 2 heterocycles. The zero-order chi connectivity index (χ0) is 17.7. The number of amides is 1. The lowest BCUT2D eigenvalue weighted by Crippen LogP contribution is -2.25. The monoisotopic (exact) mass is 367 g/mol. The van der Waals surface area contributed by atoms with Crippen molar-refractivity contribution in [3.8, 4) is 0 Å². The Hall–Kier alpha value is -1.34. The van der Waals surface area contributed by atoms with E-state index >= 15 is 0 Å². The van der Waals surface area contributed by atoms with Crippen molar-refractivity contribution in [1.29, 1.82) is 0 Å². The molecule has 0 unspecified atom stereocenters. The Morgan fingerprint density at radius 1 is 1.42 bits per heavy atom. The summed E-state index contributed by atoms with van der Waals surface area (Å²) in [5, 5.41) is 4.05. The second kappa shape index (κ2) is 8.67. The summed E-state index contributed by atoms with van der Waals surface area (Å²) in [6, 6.07) is 0. The number of carbonyl (C=O) groups is 1. The highest BCUT2D eigenvalue weighted by atomic mass is 32.2. The Morgan fingerprint density at radius 3 is 2.83 bits per heavy atom. The van der Waals surface area contributed by atoms with Gasteiger partial charge < -0.3 is 10.3 Å². The molecule has 2 aromatic heterocycles. The molecule has 0 saturated carbocycles. The Balaban J connectivity index is 2.21. The smallest absolute Gasteiger partial charge is 0.260 e. The lowest BCUT2D eigenvalue weighted by molar-refractivity contribution is -0.118. The average Bonchev–Trinajstić information content (AvgIpc) is 2.86. The molecular formula is C17H25N3O2S2. The second-order valence-electron chi connectivity index (χ2n) is 6.04. The third kappa shape index (κ3) is 4.60. The Kier molecular flexibility index (Phi) is 6.86. The zero-order valence-electron chi connectivity index (χ0n) is 14.7. The first-order chi connectivity index (χ1) is 11.5. The molecule has 2 aromatic rings. The molecule has 5 nitrogen and oxygen atoms in total. The second-order valence-corrected chi connectivity index (χ2v) is 8.21. The van der Waals surface area contributed by atoms with Gasteiger partial charge in [0, 0.05) is 11.4 Å². The van der Waals surface area contributed by atoms with Gasteiger partial charge >= 0.3 is 0 Å².